The zero-order valence-electron chi connectivity index (χ0n) is 6.54. The number of hydrogen-bond acceptors (Lipinski definition) is 4. The highest BCUT2D eigenvalue weighted by molar-refractivity contribution is 7.98. The lowest BCUT2D eigenvalue weighted by Gasteiger charge is -2.06. The minimum Gasteiger partial charge on any atom is -0.245 e. The molecule has 1 aliphatic rings. The number of nitriles is 1. The van der Waals surface area contributed by atoms with E-state index in [0.29, 0.717) is 6.42 Å². The fraction of sp³-hybridized carbons (Fsp3) is 0.500. The van der Waals surface area contributed by atoms with Crippen molar-refractivity contribution in [2.45, 2.75) is 18.6 Å². The largest absolute Gasteiger partial charge is 0.245 e. The Bertz CT molecular complexity index is 301. The van der Waals surface area contributed by atoms with Crippen LogP contribution < -0.4 is 0 Å². The summed E-state index contributed by atoms with van der Waals surface area (Å²) in [5.74, 6) is 2.28. The maximum absolute atomic E-state index is 8.49. The number of aromatic nitrogens is 1. The summed E-state index contributed by atoms with van der Waals surface area (Å²) < 4.78 is 0. The van der Waals surface area contributed by atoms with Gasteiger partial charge in [0.2, 0.25) is 0 Å². The van der Waals surface area contributed by atoms with Crippen LogP contribution in [0, 0.1) is 11.3 Å². The first kappa shape index (κ1) is 8.09. The van der Waals surface area contributed by atoms with Crippen molar-refractivity contribution in [2.75, 3.05) is 5.75 Å². The van der Waals surface area contributed by atoms with E-state index >= 15 is 0 Å². The number of nitrogens with zero attached hydrogens (tertiary/aromatic N) is 2. The summed E-state index contributed by atoms with van der Waals surface area (Å²) >= 11 is 3.66. The van der Waals surface area contributed by atoms with Crippen molar-refractivity contribution >= 4 is 23.1 Å². The fourth-order valence-corrected chi connectivity index (χ4v) is 3.38. The minimum absolute atomic E-state index is 0.475. The molecule has 0 aromatic carbocycles. The number of thioether (sulfide) groups is 1. The predicted molar refractivity (Wildman–Crippen MR) is 51.3 cm³/mol. The highest BCUT2D eigenvalue weighted by Crippen LogP contribution is 2.29. The van der Waals surface area contributed by atoms with Crippen molar-refractivity contribution in [3.8, 4) is 6.07 Å². The average Bonchev–Trinajstić information content (AvgIpc) is 2.47. The van der Waals surface area contributed by atoms with Crippen LogP contribution in [0.3, 0.4) is 0 Å². The van der Waals surface area contributed by atoms with Crippen LogP contribution in [-0.4, -0.2) is 10.7 Å². The first-order chi connectivity index (χ1) is 5.90. The lowest BCUT2D eigenvalue weighted by atomic mass is 10.3. The van der Waals surface area contributed by atoms with E-state index in [2.05, 4.69) is 11.1 Å². The van der Waals surface area contributed by atoms with Gasteiger partial charge in [-0.25, -0.2) is 4.98 Å². The van der Waals surface area contributed by atoms with E-state index in [1.807, 2.05) is 11.8 Å². The van der Waals surface area contributed by atoms with Gasteiger partial charge in [0, 0.05) is 10.6 Å². The molecule has 0 unspecified atom stereocenters. The second-order valence-electron chi connectivity index (χ2n) is 2.61. The summed E-state index contributed by atoms with van der Waals surface area (Å²) in [5, 5.41) is 9.48. The Balaban J connectivity index is 2.27. The van der Waals surface area contributed by atoms with Gasteiger partial charge in [-0.1, -0.05) is 0 Å². The molecule has 2 heterocycles. The van der Waals surface area contributed by atoms with E-state index in [1.54, 1.807) is 11.3 Å². The Hall–Kier alpha value is -0.530. The molecule has 1 aromatic heterocycles. The standard InChI is InChI=1S/C8H8N2S2/c9-3-1-8-10-6-2-4-11-5-7(6)12-8/h1-2,4-5H2. The molecular weight excluding hydrogens is 188 g/mol. The molecular formula is C8H8N2S2. The van der Waals surface area contributed by atoms with Crippen LogP contribution >= 0.6 is 23.1 Å². The summed E-state index contributed by atoms with van der Waals surface area (Å²) in [7, 11) is 0. The quantitative estimate of drug-likeness (QED) is 0.689. The maximum Gasteiger partial charge on any atom is 0.107 e. The molecule has 2 rings (SSSR count). The third-order valence-electron chi connectivity index (χ3n) is 1.77. The summed E-state index contributed by atoms with van der Waals surface area (Å²) in [6.07, 6.45) is 1.56. The van der Waals surface area contributed by atoms with Gasteiger partial charge in [-0.05, 0) is 12.2 Å². The zero-order valence-corrected chi connectivity index (χ0v) is 8.17. The van der Waals surface area contributed by atoms with Crippen LogP contribution in [-0.2, 0) is 18.6 Å². The topological polar surface area (TPSA) is 36.7 Å². The smallest absolute Gasteiger partial charge is 0.107 e. The van der Waals surface area contributed by atoms with Gasteiger partial charge < -0.3 is 0 Å². The molecule has 0 spiro atoms. The molecule has 1 aliphatic heterocycles. The lowest BCUT2D eigenvalue weighted by molar-refractivity contribution is 1.01. The molecule has 0 fully saturated rings. The molecule has 62 valence electrons. The molecule has 0 bridgehead atoms. The Morgan fingerprint density at radius 3 is 3.25 bits per heavy atom. The number of thiazole rings is 1. The highest BCUT2D eigenvalue weighted by atomic mass is 32.2. The van der Waals surface area contributed by atoms with E-state index in [-0.39, 0.29) is 0 Å². The van der Waals surface area contributed by atoms with Crippen molar-refractivity contribution in [1.29, 1.82) is 5.26 Å². The first-order valence-electron chi connectivity index (χ1n) is 3.82. The maximum atomic E-state index is 8.49. The monoisotopic (exact) mass is 196 g/mol. The molecule has 0 saturated carbocycles. The summed E-state index contributed by atoms with van der Waals surface area (Å²) in [4.78, 5) is 5.81. The highest BCUT2D eigenvalue weighted by Gasteiger charge is 2.14. The molecule has 0 N–H and O–H groups in total. The van der Waals surface area contributed by atoms with E-state index in [9.17, 15) is 0 Å². The third-order valence-corrected chi connectivity index (χ3v) is 4.04. The van der Waals surface area contributed by atoms with Gasteiger partial charge in [-0.3, -0.25) is 0 Å². The summed E-state index contributed by atoms with van der Waals surface area (Å²) in [5.41, 5.74) is 1.24. The van der Waals surface area contributed by atoms with Crippen molar-refractivity contribution < 1.29 is 0 Å². The van der Waals surface area contributed by atoms with Gasteiger partial charge in [0.25, 0.3) is 0 Å². The Kier molecular flexibility index (Phi) is 2.33. The van der Waals surface area contributed by atoms with Gasteiger partial charge in [0.15, 0.2) is 0 Å². The van der Waals surface area contributed by atoms with Gasteiger partial charge in [0.1, 0.15) is 5.01 Å². The molecule has 4 heteroatoms. The first-order valence-corrected chi connectivity index (χ1v) is 5.79. The summed E-state index contributed by atoms with van der Waals surface area (Å²) in [6.45, 7) is 0. The molecule has 0 radical (unpaired) electrons. The van der Waals surface area contributed by atoms with E-state index in [4.69, 9.17) is 5.26 Å². The van der Waals surface area contributed by atoms with Crippen LogP contribution in [0.5, 0.6) is 0 Å². The normalized spacial score (nSPS) is 15.2. The molecule has 0 saturated heterocycles. The SMILES string of the molecule is N#CCc1nc2c(s1)CSCC2. The van der Waals surface area contributed by atoms with Crippen LogP contribution in [0.4, 0.5) is 0 Å². The predicted octanol–water partition coefficient (Wildman–Crippen LogP) is 2.00. The van der Waals surface area contributed by atoms with Crippen LogP contribution in [0.2, 0.25) is 0 Å². The van der Waals surface area contributed by atoms with Crippen LogP contribution in [0.15, 0.2) is 0 Å². The molecule has 0 amide bonds. The van der Waals surface area contributed by atoms with Crippen molar-refractivity contribution in [3.63, 3.8) is 0 Å². The van der Waals surface area contributed by atoms with E-state index in [0.717, 1.165) is 17.2 Å². The van der Waals surface area contributed by atoms with Gasteiger partial charge >= 0.3 is 0 Å². The van der Waals surface area contributed by atoms with Gasteiger partial charge in [-0.15, -0.1) is 11.3 Å². The molecule has 0 aliphatic carbocycles. The Morgan fingerprint density at radius 1 is 1.58 bits per heavy atom. The van der Waals surface area contributed by atoms with E-state index < -0.39 is 0 Å². The van der Waals surface area contributed by atoms with Crippen molar-refractivity contribution in [1.82, 2.24) is 4.98 Å². The van der Waals surface area contributed by atoms with Gasteiger partial charge in [-0.2, -0.15) is 17.0 Å². The second kappa shape index (κ2) is 3.46. The Morgan fingerprint density at radius 2 is 2.50 bits per heavy atom. The number of hydrogen-bond donors (Lipinski definition) is 0. The van der Waals surface area contributed by atoms with Crippen LogP contribution in [0.25, 0.3) is 0 Å². The average molecular weight is 196 g/mol. The van der Waals surface area contributed by atoms with Crippen LogP contribution in [0.1, 0.15) is 15.6 Å². The number of fused-ring (bicyclic) bond motifs is 1. The molecule has 12 heavy (non-hydrogen) atoms. The Labute approximate surface area is 79.6 Å². The van der Waals surface area contributed by atoms with Crippen molar-refractivity contribution in [3.05, 3.63) is 15.6 Å². The number of rotatable bonds is 1. The summed E-state index contributed by atoms with van der Waals surface area (Å²) in [6, 6.07) is 2.13. The van der Waals surface area contributed by atoms with Crippen molar-refractivity contribution in [2.24, 2.45) is 0 Å². The third kappa shape index (κ3) is 1.47. The van der Waals surface area contributed by atoms with E-state index in [1.165, 1.54) is 16.3 Å². The van der Waals surface area contributed by atoms with Gasteiger partial charge in [0.05, 0.1) is 18.2 Å². The minimum atomic E-state index is 0.475. The molecule has 1 aromatic rings. The number of aryl methyl sites for hydroxylation is 1. The molecule has 0 atom stereocenters. The lowest BCUT2D eigenvalue weighted by Crippen LogP contribution is -1.99. The second-order valence-corrected chi connectivity index (χ2v) is 4.89. The molecule has 2 nitrogen and oxygen atoms in total. The fourth-order valence-electron chi connectivity index (χ4n) is 1.22. The zero-order chi connectivity index (χ0) is 8.39.